The summed E-state index contributed by atoms with van der Waals surface area (Å²) in [5.41, 5.74) is 0. The van der Waals surface area contributed by atoms with E-state index < -0.39 is 0 Å². The smallest absolute Gasteiger partial charge is 0.0192 e. The topological polar surface area (TPSA) is 15.3 Å². The first-order valence-corrected chi connectivity index (χ1v) is 7.68. The maximum Gasteiger partial charge on any atom is 0.0192 e. The number of hydrogen-bond donors (Lipinski definition) is 1. The van der Waals surface area contributed by atoms with Crippen LogP contribution in [0.4, 0.5) is 0 Å². The van der Waals surface area contributed by atoms with E-state index in [9.17, 15) is 0 Å². The molecule has 2 rings (SSSR count). The predicted octanol–water partition coefficient (Wildman–Crippen LogP) is 2.89. The molecule has 0 aromatic rings. The Labute approximate surface area is 107 Å². The fourth-order valence-electron chi connectivity index (χ4n) is 3.48. The zero-order chi connectivity index (χ0) is 12.3. The lowest BCUT2D eigenvalue weighted by Crippen LogP contribution is -2.45. The molecule has 2 heteroatoms. The van der Waals surface area contributed by atoms with Crippen molar-refractivity contribution in [3.05, 3.63) is 0 Å². The Hall–Kier alpha value is -0.0800. The molecule has 2 nitrogen and oxygen atoms in total. The second kappa shape index (κ2) is 6.19. The second-order valence-electron chi connectivity index (χ2n) is 6.33. The molecule has 1 aliphatic carbocycles. The van der Waals surface area contributed by atoms with Crippen LogP contribution in [0.2, 0.25) is 0 Å². The number of nitrogens with one attached hydrogen (secondary N) is 1. The SMILES string of the molecule is CCC1CN(C2CCC(C)C(C)C2)CCCN1. The molecule has 4 unspecified atom stereocenters. The van der Waals surface area contributed by atoms with Crippen molar-refractivity contribution in [2.75, 3.05) is 19.6 Å². The van der Waals surface area contributed by atoms with Crippen molar-refractivity contribution < 1.29 is 0 Å². The first-order valence-electron chi connectivity index (χ1n) is 7.68. The van der Waals surface area contributed by atoms with Gasteiger partial charge in [0.1, 0.15) is 0 Å². The van der Waals surface area contributed by atoms with E-state index in [0.29, 0.717) is 0 Å². The standard InChI is InChI=1S/C15H30N2/c1-4-14-11-17(9-5-8-16-14)15-7-6-12(2)13(3)10-15/h12-16H,4-11H2,1-3H3. The third kappa shape index (κ3) is 3.45. The first kappa shape index (κ1) is 13.4. The molecule has 0 aromatic heterocycles. The van der Waals surface area contributed by atoms with Gasteiger partial charge in [0.15, 0.2) is 0 Å². The highest BCUT2D eigenvalue weighted by Gasteiger charge is 2.30. The van der Waals surface area contributed by atoms with E-state index in [1.165, 1.54) is 51.7 Å². The first-order chi connectivity index (χ1) is 8.20. The van der Waals surface area contributed by atoms with Crippen LogP contribution in [-0.4, -0.2) is 36.6 Å². The van der Waals surface area contributed by atoms with E-state index in [1.54, 1.807) is 0 Å². The minimum Gasteiger partial charge on any atom is -0.313 e. The van der Waals surface area contributed by atoms with Crippen molar-refractivity contribution in [1.82, 2.24) is 10.2 Å². The van der Waals surface area contributed by atoms with Crippen molar-refractivity contribution in [3.63, 3.8) is 0 Å². The zero-order valence-corrected chi connectivity index (χ0v) is 11.9. The summed E-state index contributed by atoms with van der Waals surface area (Å²) >= 11 is 0. The molecule has 17 heavy (non-hydrogen) atoms. The Morgan fingerprint density at radius 2 is 2.00 bits per heavy atom. The molecule has 2 fully saturated rings. The molecule has 1 N–H and O–H groups in total. The largest absolute Gasteiger partial charge is 0.313 e. The molecule has 0 spiro atoms. The molecule has 1 saturated heterocycles. The van der Waals surface area contributed by atoms with Crippen molar-refractivity contribution >= 4 is 0 Å². The summed E-state index contributed by atoms with van der Waals surface area (Å²) in [5.74, 6) is 1.86. The minimum absolute atomic E-state index is 0.729. The van der Waals surface area contributed by atoms with Gasteiger partial charge in [0.2, 0.25) is 0 Å². The Balaban J connectivity index is 1.91. The van der Waals surface area contributed by atoms with Crippen molar-refractivity contribution in [1.29, 1.82) is 0 Å². The predicted molar refractivity (Wildman–Crippen MR) is 74.2 cm³/mol. The Morgan fingerprint density at radius 1 is 1.18 bits per heavy atom. The second-order valence-corrected chi connectivity index (χ2v) is 6.33. The Morgan fingerprint density at radius 3 is 2.71 bits per heavy atom. The molecule has 1 heterocycles. The Bertz CT molecular complexity index is 229. The fourth-order valence-corrected chi connectivity index (χ4v) is 3.48. The van der Waals surface area contributed by atoms with Gasteiger partial charge in [0.25, 0.3) is 0 Å². The van der Waals surface area contributed by atoms with Gasteiger partial charge < -0.3 is 5.32 Å². The van der Waals surface area contributed by atoms with Crippen LogP contribution in [0.15, 0.2) is 0 Å². The minimum atomic E-state index is 0.729. The quantitative estimate of drug-likeness (QED) is 0.796. The maximum absolute atomic E-state index is 3.68. The van der Waals surface area contributed by atoms with Gasteiger partial charge >= 0.3 is 0 Å². The van der Waals surface area contributed by atoms with Crippen LogP contribution in [-0.2, 0) is 0 Å². The molecule has 0 amide bonds. The highest BCUT2D eigenvalue weighted by Crippen LogP contribution is 2.32. The van der Waals surface area contributed by atoms with Gasteiger partial charge in [-0.2, -0.15) is 0 Å². The monoisotopic (exact) mass is 238 g/mol. The van der Waals surface area contributed by atoms with Gasteiger partial charge in [-0.25, -0.2) is 0 Å². The van der Waals surface area contributed by atoms with Gasteiger partial charge in [-0.05, 0) is 57.0 Å². The summed E-state index contributed by atoms with van der Waals surface area (Å²) < 4.78 is 0. The molecule has 1 saturated carbocycles. The Kier molecular flexibility index (Phi) is 4.87. The summed E-state index contributed by atoms with van der Waals surface area (Å²) in [6.07, 6.45) is 6.90. The lowest BCUT2D eigenvalue weighted by atomic mass is 9.78. The van der Waals surface area contributed by atoms with Crippen LogP contribution in [0.5, 0.6) is 0 Å². The van der Waals surface area contributed by atoms with Crippen LogP contribution in [0.25, 0.3) is 0 Å². The highest BCUT2D eigenvalue weighted by molar-refractivity contribution is 4.85. The van der Waals surface area contributed by atoms with Crippen molar-refractivity contribution in [2.45, 2.75) is 65.0 Å². The molecule has 100 valence electrons. The highest BCUT2D eigenvalue weighted by atomic mass is 15.2. The number of hydrogen-bond acceptors (Lipinski definition) is 2. The van der Waals surface area contributed by atoms with E-state index in [2.05, 4.69) is 31.0 Å². The van der Waals surface area contributed by atoms with E-state index in [4.69, 9.17) is 0 Å². The fraction of sp³-hybridized carbons (Fsp3) is 1.00. The molecule has 2 aliphatic rings. The van der Waals surface area contributed by atoms with Gasteiger partial charge in [-0.15, -0.1) is 0 Å². The average Bonchev–Trinajstić information content (AvgIpc) is 2.58. The van der Waals surface area contributed by atoms with Crippen molar-refractivity contribution in [2.24, 2.45) is 11.8 Å². The zero-order valence-electron chi connectivity index (χ0n) is 11.9. The lowest BCUT2D eigenvalue weighted by Gasteiger charge is -2.39. The van der Waals surface area contributed by atoms with Crippen LogP contribution in [0.3, 0.4) is 0 Å². The third-order valence-electron chi connectivity index (χ3n) is 5.09. The summed E-state index contributed by atoms with van der Waals surface area (Å²) in [5, 5.41) is 3.68. The summed E-state index contributed by atoms with van der Waals surface area (Å²) in [6.45, 7) is 11.0. The van der Waals surface area contributed by atoms with Crippen LogP contribution < -0.4 is 5.32 Å². The normalized spacial score (nSPS) is 41.1. The van der Waals surface area contributed by atoms with Crippen LogP contribution in [0, 0.1) is 11.8 Å². The molecule has 4 atom stereocenters. The summed E-state index contributed by atoms with van der Waals surface area (Å²) in [4.78, 5) is 2.79. The van der Waals surface area contributed by atoms with Gasteiger partial charge in [-0.3, -0.25) is 4.90 Å². The molecular formula is C15H30N2. The van der Waals surface area contributed by atoms with Gasteiger partial charge in [0.05, 0.1) is 0 Å². The maximum atomic E-state index is 3.68. The van der Waals surface area contributed by atoms with Crippen LogP contribution >= 0.6 is 0 Å². The van der Waals surface area contributed by atoms with E-state index in [1.807, 2.05) is 0 Å². The number of rotatable bonds is 2. The van der Waals surface area contributed by atoms with Gasteiger partial charge in [0, 0.05) is 18.6 Å². The molecule has 1 aliphatic heterocycles. The molecular weight excluding hydrogens is 208 g/mol. The van der Waals surface area contributed by atoms with E-state index in [0.717, 1.165) is 23.9 Å². The average molecular weight is 238 g/mol. The molecule has 0 aromatic carbocycles. The van der Waals surface area contributed by atoms with E-state index >= 15 is 0 Å². The third-order valence-corrected chi connectivity index (χ3v) is 5.09. The summed E-state index contributed by atoms with van der Waals surface area (Å²) in [6, 6.07) is 1.60. The summed E-state index contributed by atoms with van der Waals surface area (Å²) in [7, 11) is 0. The number of nitrogens with zero attached hydrogens (tertiary/aromatic N) is 1. The van der Waals surface area contributed by atoms with Gasteiger partial charge in [-0.1, -0.05) is 20.8 Å². The van der Waals surface area contributed by atoms with Crippen molar-refractivity contribution in [3.8, 4) is 0 Å². The van der Waals surface area contributed by atoms with Crippen LogP contribution in [0.1, 0.15) is 52.9 Å². The molecule has 0 radical (unpaired) electrons. The lowest BCUT2D eigenvalue weighted by molar-refractivity contribution is 0.107. The van der Waals surface area contributed by atoms with E-state index in [-0.39, 0.29) is 0 Å². The molecule has 0 bridgehead atoms.